The first-order chi connectivity index (χ1) is 5.00. The molecule has 0 atom stereocenters. The van der Waals surface area contributed by atoms with Crippen LogP contribution in [0.15, 0.2) is 22.8 Å². The molecule has 1 heterocycles. The Kier molecular flexibility index (Phi) is 1.99. The van der Waals surface area contributed by atoms with Gasteiger partial charge in [0.25, 0.3) is 0 Å². The van der Waals surface area contributed by atoms with Crippen LogP contribution in [0.3, 0.4) is 0 Å². The summed E-state index contributed by atoms with van der Waals surface area (Å²) in [5.41, 5.74) is 0. The lowest BCUT2D eigenvalue weighted by molar-refractivity contribution is -0.153. The summed E-state index contributed by atoms with van der Waals surface area (Å²) in [6, 6.07) is 2.06. The Bertz CT molecular complexity index is 301. The molecule has 0 aliphatic carbocycles. The zero-order chi connectivity index (χ0) is 8.48. The summed E-state index contributed by atoms with van der Waals surface area (Å²) in [5, 5.41) is 0. The zero-order valence-corrected chi connectivity index (χ0v) is 6.00. The lowest BCUT2D eigenvalue weighted by Gasteiger charge is -2.02. The monoisotopic (exact) mass is 180 g/mol. The van der Waals surface area contributed by atoms with Crippen molar-refractivity contribution in [1.82, 2.24) is 0 Å². The third kappa shape index (κ3) is 2.04. The highest BCUT2D eigenvalue weighted by atomic mass is 32.1. The molecule has 0 fully saturated rings. The van der Waals surface area contributed by atoms with Crippen LogP contribution < -0.4 is 0 Å². The van der Waals surface area contributed by atoms with Gasteiger partial charge in [-0.1, -0.05) is 12.2 Å². The molecule has 1 nitrogen and oxygen atoms in total. The van der Waals surface area contributed by atoms with Crippen molar-refractivity contribution in [3.05, 3.63) is 28.7 Å². The van der Waals surface area contributed by atoms with E-state index in [2.05, 4.69) is 16.6 Å². The van der Waals surface area contributed by atoms with Crippen molar-refractivity contribution in [3.8, 4) is 0 Å². The maximum absolute atomic E-state index is 11.8. The molecule has 0 aromatic carbocycles. The largest absolute Gasteiger partial charge is 0.460 e. The normalized spacial score (nSPS) is 11.5. The van der Waals surface area contributed by atoms with E-state index in [0.29, 0.717) is 0 Å². The SMILES string of the molecule is FC(F)(F)c1cc(=S)cco1. The minimum Gasteiger partial charge on any atom is -0.460 e. The second-order valence-corrected chi connectivity index (χ2v) is 2.30. The van der Waals surface area contributed by atoms with E-state index >= 15 is 0 Å². The van der Waals surface area contributed by atoms with Gasteiger partial charge < -0.3 is 4.42 Å². The third-order valence-corrected chi connectivity index (χ3v) is 1.23. The van der Waals surface area contributed by atoms with Crippen LogP contribution in [0.4, 0.5) is 13.2 Å². The third-order valence-electron chi connectivity index (χ3n) is 0.980. The first-order valence-electron chi connectivity index (χ1n) is 2.66. The number of halogens is 3. The topological polar surface area (TPSA) is 13.1 Å². The standard InChI is InChI=1S/C6H3F3OS/c7-6(8,9)5-3-4(11)1-2-10-5/h1-3H. The quantitative estimate of drug-likeness (QED) is 0.569. The fourth-order valence-corrected chi connectivity index (χ4v) is 0.697. The van der Waals surface area contributed by atoms with Crippen LogP contribution in [0, 0.1) is 4.51 Å². The number of hydrogen-bond donors (Lipinski definition) is 0. The maximum atomic E-state index is 11.8. The molecule has 60 valence electrons. The molecular weight excluding hydrogens is 177 g/mol. The molecule has 11 heavy (non-hydrogen) atoms. The summed E-state index contributed by atoms with van der Waals surface area (Å²) < 4.78 is 39.8. The molecule has 0 saturated carbocycles. The van der Waals surface area contributed by atoms with Crippen molar-refractivity contribution in [2.75, 3.05) is 0 Å². The highest BCUT2D eigenvalue weighted by molar-refractivity contribution is 7.71. The summed E-state index contributed by atoms with van der Waals surface area (Å²) >= 11 is 4.51. The van der Waals surface area contributed by atoms with E-state index in [4.69, 9.17) is 0 Å². The second kappa shape index (κ2) is 2.65. The summed E-state index contributed by atoms with van der Waals surface area (Å²) in [5.74, 6) is -1.06. The molecule has 5 heteroatoms. The summed E-state index contributed by atoms with van der Waals surface area (Å²) in [6.45, 7) is 0. The van der Waals surface area contributed by atoms with Gasteiger partial charge in [0.05, 0.1) is 6.26 Å². The van der Waals surface area contributed by atoms with Gasteiger partial charge in [-0.05, 0) is 6.07 Å². The maximum Gasteiger partial charge on any atom is 0.449 e. The molecule has 0 aliphatic rings. The van der Waals surface area contributed by atoms with Gasteiger partial charge in [0.1, 0.15) is 0 Å². The molecule has 0 radical (unpaired) electrons. The minimum absolute atomic E-state index is 0.114. The van der Waals surface area contributed by atoms with E-state index in [1.54, 1.807) is 0 Å². The molecule has 0 amide bonds. The van der Waals surface area contributed by atoms with Crippen LogP contribution in [0.5, 0.6) is 0 Å². The first-order valence-corrected chi connectivity index (χ1v) is 3.07. The molecule has 0 N–H and O–H groups in total. The number of rotatable bonds is 0. The van der Waals surface area contributed by atoms with Crippen LogP contribution >= 0.6 is 12.2 Å². The van der Waals surface area contributed by atoms with E-state index in [-0.39, 0.29) is 4.51 Å². The van der Waals surface area contributed by atoms with Crippen molar-refractivity contribution in [2.24, 2.45) is 0 Å². The van der Waals surface area contributed by atoms with Gasteiger partial charge in [-0.15, -0.1) is 0 Å². The van der Waals surface area contributed by atoms with Crippen LogP contribution in [0.2, 0.25) is 0 Å². The molecule has 1 aromatic rings. The van der Waals surface area contributed by atoms with Crippen molar-refractivity contribution in [3.63, 3.8) is 0 Å². The van der Waals surface area contributed by atoms with Gasteiger partial charge >= 0.3 is 6.18 Å². The predicted octanol–water partition coefficient (Wildman–Crippen LogP) is 3.03. The van der Waals surface area contributed by atoms with Gasteiger partial charge in [-0.25, -0.2) is 0 Å². The Morgan fingerprint density at radius 1 is 1.36 bits per heavy atom. The van der Waals surface area contributed by atoms with Gasteiger partial charge in [0, 0.05) is 10.6 Å². The molecule has 0 saturated heterocycles. The summed E-state index contributed by atoms with van der Waals surface area (Å²) in [4.78, 5) is 0. The molecule has 1 aromatic heterocycles. The van der Waals surface area contributed by atoms with Gasteiger partial charge in [-0.3, -0.25) is 0 Å². The fourth-order valence-electron chi connectivity index (χ4n) is 0.534. The molecule has 0 aliphatic heterocycles. The lowest BCUT2D eigenvalue weighted by Crippen LogP contribution is -2.03. The lowest BCUT2D eigenvalue weighted by atomic mass is 10.4. The molecular formula is C6H3F3OS. The van der Waals surface area contributed by atoms with Crippen molar-refractivity contribution in [1.29, 1.82) is 0 Å². The van der Waals surface area contributed by atoms with E-state index < -0.39 is 11.9 Å². The Morgan fingerprint density at radius 2 is 2.00 bits per heavy atom. The van der Waals surface area contributed by atoms with Gasteiger partial charge in [0.2, 0.25) is 5.76 Å². The van der Waals surface area contributed by atoms with Gasteiger partial charge in [0.15, 0.2) is 0 Å². The highest BCUT2D eigenvalue weighted by Gasteiger charge is 2.33. The van der Waals surface area contributed by atoms with Crippen LogP contribution in [0.25, 0.3) is 0 Å². The van der Waals surface area contributed by atoms with Crippen molar-refractivity contribution >= 4 is 12.2 Å². The minimum atomic E-state index is -4.45. The van der Waals surface area contributed by atoms with E-state index in [0.717, 1.165) is 12.3 Å². The Morgan fingerprint density at radius 3 is 2.36 bits per heavy atom. The smallest absolute Gasteiger partial charge is 0.449 e. The average molecular weight is 180 g/mol. The number of hydrogen-bond acceptors (Lipinski definition) is 2. The molecule has 0 spiro atoms. The highest BCUT2D eigenvalue weighted by Crippen LogP contribution is 2.28. The Hall–Kier alpha value is -0.840. The van der Waals surface area contributed by atoms with E-state index in [1.165, 1.54) is 6.07 Å². The van der Waals surface area contributed by atoms with E-state index in [1.807, 2.05) is 0 Å². The molecule has 0 bridgehead atoms. The van der Waals surface area contributed by atoms with E-state index in [9.17, 15) is 13.2 Å². The fraction of sp³-hybridized carbons (Fsp3) is 0.167. The van der Waals surface area contributed by atoms with Crippen molar-refractivity contribution < 1.29 is 17.6 Å². The van der Waals surface area contributed by atoms with Crippen LogP contribution in [-0.4, -0.2) is 0 Å². The first kappa shape index (κ1) is 8.26. The van der Waals surface area contributed by atoms with Crippen LogP contribution in [-0.2, 0) is 6.18 Å². The summed E-state index contributed by atoms with van der Waals surface area (Å²) in [6.07, 6.45) is -3.53. The predicted molar refractivity (Wildman–Crippen MR) is 34.5 cm³/mol. The van der Waals surface area contributed by atoms with Gasteiger partial charge in [-0.2, -0.15) is 13.2 Å². The number of alkyl halides is 3. The Balaban J connectivity index is 3.16. The molecule has 1 rings (SSSR count). The Labute approximate surface area is 65.5 Å². The van der Waals surface area contributed by atoms with Crippen molar-refractivity contribution in [2.45, 2.75) is 6.18 Å². The molecule has 0 unspecified atom stereocenters. The average Bonchev–Trinajstić information content (AvgIpc) is 1.86. The second-order valence-electron chi connectivity index (χ2n) is 1.83. The summed E-state index contributed by atoms with van der Waals surface area (Å²) in [7, 11) is 0. The zero-order valence-electron chi connectivity index (χ0n) is 5.18. The van der Waals surface area contributed by atoms with Crippen LogP contribution in [0.1, 0.15) is 5.76 Å².